The topological polar surface area (TPSA) is 64.9 Å². The summed E-state index contributed by atoms with van der Waals surface area (Å²) < 4.78 is 5.23. The lowest BCUT2D eigenvalue weighted by Crippen LogP contribution is -2.34. The Morgan fingerprint density at radius 3 is 2.72 bits per heavy atom. The van der Waals surface area contributed by atoms with Crippen molar-refractivity contribution in [2.24, 2.45) is 5.73 Å². The molecule has 2 rings (SSSR count). The number of aromatic nitrogens is 2. The van der Waals surface area contributed by atoms with Gasteiger partial charge < -0.3 is 10.3 Å². The highest BCUT2D eigenvalue weighted by Gasteiger charge is 2.18. The first-order valence-corrected chi connectivity index (χ1v) is 7.80. The molecule has 0 radical (unpaired) electrons. The fourth-order valence-corrected chi connectivity index (χ4v) is 3.40. The smallest absolute Gasteiger partial charge is 0.228 e. The minimum atomic E-state index is -0.291. The first-order valence-electron chi connectivity index (χ1n) is 6.75. The van der Waals surface area contributed by atoms with Crippen LogP contribution in [0.5, 0.6) is 0 Å². The average Bonchev–Trinajstić information content (AvgIpc) is 2.73. The Hall–Kier alpha value is -0.550. The van der Waals surface area contributed by atoms with Crippen LogP contribution in [0, 0.1) is 0 Å². The molecule has 0 aromatic carbocycles. The summed E-state index contributed by atoms with van der Waals surface area (Å²) in [6.45, 7) is 3.93. The third-order valence-electron chi connectivity index (χ3n) is 3.12. The summed E-state index contributed by atoms with van der Waals surface area (Å²) in [5, 5.41) is 4.81. The normalized spacial score (nSPS) is 18.2. The van der Waals surface area contributed by atoms with Crippen molar-refractivity contribution in [1.82, 2.24) is 10.1 Å². The molecule has 0 unspecified atom stereocenters. The highest BCUT2D eigenvalue weighted by Crippen LogP contribution is 2.29. The molecule has 1 aliphatic rings. The highest BCUT2D eigenvalue weighted by atomic mass is 32.2. The molecular weight excluding hydrogens is 246 g/mol. The van der Waals surface area contributed by atoms with E-state index in [9.17, 15) is 0 Å². The van der Waals surface area contributed by atoms with Gasteiger partial charge in [0.15, 0.2) is 5.82 Å². The molecule has 102 valence electrons. The molecule has 1 saturated carbocycles. The first-order chi connectivity index (χ1) is 8.53. The van der Waals surface area contributed by atoms with Gasteiger partial charge in [-0.3, -0.25) is 0 Å². The summed E-state index contributed by atoms with van der Waals surface area (Å²) in [6, 6.07) is 0. The lowest BCUT2D eigenvalue weighted by Gasteiger charge is -2.20. The first kappa shape index (κ1) is 13.9. The standard InChI is InChI=1S/C13H23N3OS/c1-13(2,14)8-12-15-11(16-17-12)9-18-10-6-4-3-5-7-10/h10H,3-9,14H2,1-2H3. The SMILES string of the molecule is CC(C)(N)Cc1nc(CSC2CCCCC2)no1. The molecule has 1 aliphatic carbocycles. The fourth-order valence-electron chi connectivity index (χ4n) is 2.23. The third-order valence-corrected chi connectivity index (χ3v) is 4.48. The molecule has 18 heavy (non-hydrogen) atoms. The van der Waals surface area contributed by atoms with Gasteiger partial charge in [0, 0.05) is 17.2 Å². The molecule has 1 heterocycles. The lowest BCUT2D eigenvalue weighted by molar-refractivity contribution is 0.345. The third kappa shape index (κ3) is 4.61. The second-order valence-corrected chi connectivity index (χ2v) is 7.13. The van der Waals surface area contributed by atoms with Crippen LogP contribution in [0.4, 0.5) is 0 Å². The minimum absolute atomic E-state index is 0.291. The minimum Gasteiger partial charge on any atom is -0.339 e. The Bertz CT molecular complexity index is 367. The van der Waals surface area contributed by atoms with Gasteiger partial charge in [-0.2, -0.15) is 16.7 Å². The zero-order valence-corrected chi connectivity index (χ0v) is 12.1. The summed E-state index contributed by atoms with van der Waals surface area (Å²) in [5.74, 6) is 2.32. The summed E-state index contributed by atoms with van der Waals surface area (Å²) in [5.41, 5.74) is 5.64. The molecule has 0 aliphatic heterocycles. The number of hydrogen-bond acceptors (Lipinski definition) is 5. The van der Waals surface area contributed by atoms with E-state index >= 15 is 0 Å². The zero-order chi connectivity index (χ0) is 13.0. The summed E-state index contributed by atoms with van der Waals surface area (Å²) in [4.78, 5) is 4.40. The van der Waals surface area contributed by atoms with Crippen LogP contribution < -0.4 is 5.73 Å². The van der Waals surface area contributed by atoms with E-state index in [0.717, 1.165) is 16.8 Å². The van der Waals surface area contributed by atoms with Crippen molar-refractivity contribution in [3.63, 3.8) is 0 Å². The molecule has 1 aromatic heterocycles. The van der Waals surface area contributed by atoms with Crippen molar-refractivity contribution in [1.29, 1.82) is 0 Å². The average molecular weight is 269 g/mol. The lowest BCUT2D eigenvalue weighted by atomic mass is 10.0. The molecule has 5 heteroatoms. The van der Waals surface area contributed by atoms with Crippen LogP contribution >= 0.6 is 11.8 Å². The Balaban J connectivity index is 1.79. The number of nitrogens with zero attached hydrogens (tertiary/aromatic N) is 2. The maximum Gasteiger partial charge on any atom is 0.228 e. The maximum absolute atomic E-state index is 5.93. The Morgan fingerprint density at radius 1 is 1.33 bits per heavy atom. The van der Waals surface area contributed by atoms with Crippen LogP contribution in [-0.2, 0) is 12.2 Å². The second kappa shape index (κ2) is 6.06. The second-order valence-electron chi connectivity index (χ2n) is 5.84. The predicted octanol–water partition coefficient (Wildman–Crippen LogP) is 2.92. The molecule has 0 bridgehead atoms. The van der Waals surface area contributed by atoms with E-state index in [0.29, 0.717) is 12.3 Å². The van der Waals surface area contributed by atoms with Crippen molar-refractivity contribution in [2.45, 2.75) is 68.9 Å². The highest BCUT2D eigenvalue weighted by molar-refractivity contribution is 7.99. The molecule has 1 fully saturated rings. The van der Waals surface area contributed by atoms with Crippen molar-refractivity contribution in [3.8, 4) is 0 Å². The van der Waals surface area contributed by atoms with Crippen molar-refractivity contribution < 1.29 is 4.52 Å². The molecule has 2 N–H and O–H groups in total. The summed E-state index contributed by atoms with van der Waals surface area (Å²) in [6.07, 6.45) is 7.45. The maximum atomic E-state index is 5.93. The Morgan fingerprint density at radius 2 is 2.06 bits per heavy atom. The summed E-state index contributed by atoms with van der Waals surface area (Å²) >= 11 is 1.97. The molecule has 1 aromatic rings. The van der Waals surface area contributed by atoms with E-state index < -0.39 is 0 Å². The quantitative estimate of drug-likeness (QED) is 0.890. The van der Waals surface area contributed by atoms with Crippen LogP contribution in [0.15, 0.2) is 4.52 Å². The van der Waals surface area contributed by atoms with Crippen molar-refractivity contribution in [3.05, 3.63) is 11.7 Å². The predicted molar refractivity (Wildman–Crippen MR) is 74.4 cm³/mol. The van der Waals surface area contributed by atoms with Crippen LogP contribution in [0.1, 0.15) is 57.7 Å². The van der Waals surface area contributed by atoms with Gasteiger partial charge in [-0.05, 0) is 26.7 Å². The number of nitrogens with two attached hydrogens (primary N) is 1. The largest absolute Gasteiger partial charge is 0.339 e. The van der Waals surface area contributed by atoms with Crippen LogP contribution in [0.2, 0.25) is 0 Å². The Labute approximate surface area is 113 Å². The van der Waals surface area contributed by atoms with Gasteiger partial charge in [-0.25, -0.2) is 0 Å². The van der Waals surface area contributed by atoms with E-state index in [1.807, 2.05) is 25.6 Å². The van der Waals surface area contributed by atoms with E-state index in [1.54, 1.807) is 0 Å². The van der Waals surface area contributed by atoms with Crippen molar-refractivity contribution >= 4 is 11.8 Å². The molecule has 0 amide bonds. The Kier molecular flexibility index (Phi) is 4.67. The van der Waals surface area contributed by atoms with E-state index in [2.05, 4.69) is 10.1 Å². The number of hydrogen-bond donors (Lipinski definition) is 1. The number of rotatable bonds is 5. The molecule has 0 saturated heterocycles. The fraction of sp³-hybridized carbons (Fsp3) is 0.846. The van der Waals surface area contributed by atoms with Crippen molar-refractivity contribution in [2.75, 3.05) is 0 Å². The molecule has 0 spiro atoms. The molecule has 0 atom stereocenters. The van der Waals surface area contributed by atoms with Gasteiger partial charge in [0.1, 0.15) is 0 Å². The van der Waals surface area contributed by atoms with Gasteiger partial charge in [0.25, 0.3) is 0 Å². The van der Waals surface area contributed by atoms with Gasteiger partial charge in [0.05, 0.1) is 5.75 Å². The number of thioether (sulfide) groups is 1. The molecule has 4 nitrogen and oxygen atoms in total. The van der Waals surface area contributed by atoms with Crippen LogP contribution in [-0.4, -0.2) is 20.9 Å². The molecular formula is C13H23N3OS. The zero-order valence-electron chi connectivity index (χ0n) is 11.3. The van der Waals surface area contributed by atoms with Gasteiger partial charge >= 0.3 is 0 Å². The monoisotopic (exact) mass is 269 g/mol. The van der Waals surface area contributed by atoms with Gasteiger partial charge in [0.2, 0.25) is 5.89 Å². The summed E-state index contributed by atoms with van der Waals surface area (Å²) in [7, 11) is 0. The van der Waals surface area contributed by atoms with E-state index in [1.165, 1.54) is 32.1 Å². The van der Waals surface area contributed by atoms with Crippen LogP contribution in [0.3, 0.4) is 0 Å². The van der Waals surface area contributed by atoms with Gasteiger partial charge in [-0.1, -0.05) is 24.4 Å². The van der Waals surface area contributed by atoms with Crippen LogP contribution in [0.25, 0.3) is 0 Å². The van der Waals surface area contributed by atoms with Gasteiger partial charge in [-0.15, -0.1) is 0 Å². The van der Waals surface area contributed by atoms with E-state index in [4.69, 9.17) is 10.3 Å². The van der Waals surface area contributed by atoms with E-state index in [-0.39, 0.29) is 5.54 Å².